The molecule has 0 heterocycles. The Morgan fingerprint density at radius 1 is 0.456 bits per heavy atom. The SMILES string of the molecule is C=CC(=O)OCC(C)OC(=O)CCC(=O)OCCc1ccc(OC(=O)C2CCC(C(=O)Oc3ccc(OC(=O)C4CCC(C(=O)Oc5ccc(CCOC(=O)CCC(=O)OCC(C)OC(=O)C=C)cc5)CC4)cc3C)CC2)cc1. The van der Waals surface area contributed by atoms with Gasteiger partial charge in [-0.05, 0) is 131 Å². The van der Waals surface area contributed by atoms with Crippen LogP contribution in [0.15, 0.2) is 92.0 Å². The summed E-state index contributed by atoms with van der Waals surface area (Å²) in [6.45, 7) is 11.3. The van der Waals surface area contributed by atoms with Crippen LogP contribution in [0.5, 0.6) is 23.0 Å². The third-order valence-corrected chi connectivity index (χ3v) is 12.9. The van der Waals surface area contributed by atoms with E-state index >= 15 is 0 Å². The van der Waals surface area contributed by atoms with Crippen LogP contribution < -0.4 is 18.9 Å². The second-order valence-electron chi connectivity index (χ2n) is 19.2. The number of benzene rings is 3. The van der Waals surface area contributed by atoms with Crippen LogP contribution >= 0.6 is 0 Å². The third kappa shape index (κ3) is 22.0. The number of hydrogen-bond acceptors (Lipinski definition) is 20. The molecular weight excluding hydrogens is 1030 g/mol. The first-order valence-electron chi connectivity index (χ1n) is 26.3. The van der Waals surface area contributed by atoms with Gasteiger partial charge in [-0.1, -0.05) is 37.4 Å². The topological polar surface area (TPSA) is 263 Å². The van der Waals surface area contributed by atoms with E-state index in [4.69, 9.17) is 47.4 Å². The van der Waals surface area contributed by atoms with Gasteiger partial charge in [0.05, 0.1) is 62.6 Å². The van der Waals surface area contributed by atoms with E-state index in [-0.39, 0.29) is 52.1 Å². The van der Waals surface area contributed by atoms with Gasteiger partial charge in [0.1, 0.15) is 48.4 Å². The monoisotopic (exact) mass is 1100 g/mol. The molecule has 0 aromatic heterocycles. The molecule has 2 aliphatic carbocycles. The third-order valence-electron chi connectivity index (χ3n) is 12.9. The number of ether oxygens (including phenoxy) is 10. The van der Waals surface area contributed by atoms with Gasteiger partial charge in [0, 0.05) is 25.0 Å². The molecule has 2 atom stereocenters. The number of hydrogen-bond donors (Lipinski definition) is 0. The van der Waals surface area contributed by atoms with Gasteiger partial charge in [-0.2, -0.15) is 0 Å². The smallest absolute Gasteiger partial charge is 0.330 e. The highest BCUT2D eigenvalue weighted by molar-refractivity contribution is 5.82. The quantitative estimate of drug-likeness (QED) is 0.0292. The highest BCUT2D eigenvalue weighted by Gasteiger charge is 2.34. The van der Waals surface area contributed by atoms with Crippen LogP contribution in [0.25, 0.3) is 0 Å². The standard InChI is InChI=1S/C59H68O20/c1-6-50(60)72-35-39(5)75-55(65)29-28-53(63)71-33-31-41-10-22-47(23-11-41)77-57(67)43-16-18-45(19-17-43)59(69)79-49-25-24-48(34-37(49)3)78-58(68)44-14-12-42(13-15-44)56(66)76-46-20-8-40(9-21-46)30-32-70-52(62)26-27-54(64)73-36-38(4)74-51(61)7-2/h6-11,20-25,34,38-39,42-45H,1-2,12-19,26-33,35-36H2,3-5H3. The minimum atomic E-state index is -0.683. The minimum Gasteiger partial charge on any atom is -0.465 e. The molecule has 5 rings (SSSR count). The molecule has 3 aromatic rings. The fourth-order valence-electron chi connectivity index (χ4n) is 8.42. The van der Waals surface area contributed by atoms with Crippen molar-refractivity contribution >= 4 is 59.7 Å². The first-order valence-corrected chi connectivity index (χ1v) is 26.3. The lowest BCUT2D eigenvalue weighted by Gasteiger charge is -2.26. The number of esters is 10. The lowest BCUT2D eigenvalue weighted by Crippen LogP contribution is -2.30. The molecule has 3 aromatic carbocycles. The number of rotatable bonds is 28. The average Bonchev–Trinajstić information content (AvgIpc) is 3.44. The predicted molar refractivity (Wildman–Crippen MR) is 279 cm³/mol. The summed E-state index contributed by atoms with van der Waals surface area (Å²) in [5.74, 6) is -5.62. The Hall–Kier alpha value is -8.16. The fourth-order valence-corrected chi connectivity index (χ4v) is 8.42. The highest BCUT2D eigenvalue weighted by Crippen LogP contribution is 2.34. The summed E-state index contributed by atoms with van der Waals surface area (Å²) in [7, 11) is 0. The Bertz CT molecular complexity index is 2620. The Labute approximate surface area is 458 Å². The molecule has 424 valence electrons. The van der Waals surface area contributed by atoms with E-state index in [0.717, 1.165) is 23.3 Å². The van der Waals surface area contributed by atoms with Crippen LogP contribution in [0.2, 0.25) is 0 Å². The van der Waals surface area contributed by atoms with Crippen molar-refractivity contribution in [3.63, 3.8) is 0 Å². The van der Waals surface area contributed by atoms with Crippen molar-refractivity contribution in [1.29, 1.82) is 0 Å². The van der Waals surface area contributed by atoms with Crippen LogP contribution in [0.4, 0.5) is 0 Å². The van der Waals surface area contributed by atoms with Crippen molar-refractivity contribution in [1.82, 2.24) is 0 Å². The molecule has 0 radical (unpaired) electrons. The minimum absolute atomic E-state index is 0.0732. The molecule has 20 nitrogen and oxygen atoms in total. The summed E-state index contributed by atoms with van der Waals surface area (Å²) in [5, 5.41) is 0. The molecule has 0 amide bonds. The first-order chi connectivity index (χ1) is 37.9. The molecule has 20 heteroatoms. The van der Waals surface area contributed by atoms with Gasteiger partial charge in [-0.15, -0.1) is 0 Å². The van der Waals surface area contributed by atoms with Gasteiger partial charge in [0.15, 0.2) is 0 Å². The van der Waals surface area contributed by atoms with Gasteiger partial charge in [-0.25, -0.2) is 9.59 Å². The fraction of sp³-hybridized carbons (Fsp3) is 0.458. The van der Waals surface area contributed by atoms with Crippen LogP contribution in [-0.2, 0) is 89.2 Å². The van der Waals surface area contributed by atoms with Gasteiger partial charge in [0.25, 0.3) is 0 Å². The largest absolute Gasteiger partial charge is 0.465 e. The zero-order chi connectivity index (χ0) is 57.3. The van der Waals surface area contributed by atoms with E-state index in [1.807, 2.05) is 0 Å². The van der Waals surface area contributed by atoms with Crippen molar-refractivity contribution in [3.8, 4) is 23.0 Å². The van der Waals surface area contributed by atoms with E-state index in [9.17, 15) is 47.9 Å². The Kier molecular flexibility index (Phi) is 24.9. The van der Waals surface area contributed by atoms with E-state index in [1.165, 1.54) is 0 Å². The van der Waals surface area contributed by atoms with Crippen LogP contribution in [0, 0.1) is 30.6 Å². The summed E-state index contributed by atoms with van der Waals surface area (Å²) in [6.07, 6.45) is 4.19. The molecule has 2 unspecified atom stereocenters. The Morgan fingerprint density at radius 2 is 0.823 bits per heavy atom. The zero-order valence-electron chi connectivity index (χ0n) is 44.8. The van der Waals surface area contributed by atoms with Crippen LogP contribution in [0.3, 0.4) is 0 Å². The molecule has 0 aliphatic heterocycles. The molecule has 0 bridgehead atoms. The predicted octanol–water partition coefficient (Wildman–Crippen LogP) is 7.68. The molecule has 2 aliphatic rings. The molecule has 79 heavy (non-hydrogen) atoms. The molecular formula is C59H68O20. The highest BCUT2D eigenvalue weighted by atomic mass is 16.6. The van der Waals surface area contributed by atoms with Gasteiger partial charge < -0.3 is 47.4 Å². The lowest BCUT2D eigenvalue weighted by molar-refractivity contribution is -0.157. The van der Waals surface area contributed by atoms with Crippen molar-refractivity contribution < 1.29 is 95.3 Å². The number of carbonyl (C=O) groups excluding carboxylic acids is 10. The van der Waals surface area contributed by atoms with E-state index in [1.54, 1.807) is 87.5 Å². The van der Waals surface area contributed by atoms with E-state index < -0.39 is 95.6 Å². The zero-order valence-corrected chi connectivity index (χ0v) is 44.8. The number of aryl methyl sites for hydroxylation is 1. The summed E-state index contributed by atoms with van der Waals surface area (Å²) >= 11 is 0. The maximum atomic E-state index is 13.2. The van der Waals surface area contributed by atoms with Crippen molar-refractivity contribution in [2.45, 2.75) is 123 Å². The summed E-state index contributed by atoms with van der Waals surface area (Å²) in [5.41, 5.74) is 2.25. The van der Waals surface area contributed by atoms with Gasteiger partial charge in [0.2, 0.25) is 0 Å². The second kappa shape index (κ2) is 31.9. The van der Waals surface area contributed by atoms with Crippen molar-refractivity contribution in [2.24, 2.45) is 23.7 Å². The van der Waals surface area contributed by atoms with Crippen molar-refractivity contribution in [3.05, 3.63) is 109 Å². The normalized spacial score (nSPS) is 17.4. The van der Waals surface area contributed by atoms with Crippen molar-refractivity contribution in [2.75, 3.05) is 26.4 Å². The summed E-state index contributed by atoms with van der Waals surface area (Å²) in [6, 6.07) is 18.4. The lowest BCUT2D eigenvalue weighted by atomic mass is 9.82. The van der Waals surface area contributed by atoms with E-state index in [0.29, 0.717) is 92.8 Å². The Morgan fingerprint density at radius 3 is 1.25 bits per heavy atom. The van der Waals surface area contributed by atoms with Crippen LogP contribution in [-0.4, -0.2) is 98.3 Å². The van der Waals surface area contributed by atoms with Gasteiger partial charge in [-0.3, -0.25) is 38.4 Å². The first kappa shape index (κ1) is 61.7. The van der Waals surface area contributed by atoms with Crippen LogP contribution in [0.1, 0.15) is 108 Å². The maximum Gasteiger partial charge on any atom is 0.330 e. The molecule has 0 N–H and O–H groups in total. The second-order valence-corrected chi connectivity index (χ2v) is 19.2. The molecule has 2 saturated carbocycles. The van der Waals surface area contributed by atoms with Gasteiger partial charge >= 0.3 is 59.7 Å². The Balaban J connectivity index is 0.920. The molecule has 0 spiro atoms. The molecule has 0 saturated heterocycles. The average molecular weight is 1100 g/mol. The number of carbonyl (C=O) groups is 10. The summed E-state index contributed by atoms with van der Waals surface area (Å²) < 4.78 is 53.0. The maximum absolute atomic E-state index is 13.2. The summed E-state index contributed by atoms with van der Waals surface area (Å²) in [4.78, 5) is 123. The van der Waals surface area contributed by atoms with E-state index in [2.05, 4.69) is 13.2 Å². The molecule has 2 fully saturated rings.